The Kier molecular flexibility index (Phi) is 3.20. The monoisotopic (exact) mass is 260 g/mol. The maximum absolute atomic E-state index is 12.0. The Morgan fingerprint density at radius 2 is 2.12 bits per heavy atom. The van der Waals surface area contributed by atoms with E-state index in [4.69, 9.17) is 0 Å². The molecule has 0 aromatic heterocycles. The van der Waals surface area contributed by atoms with Gasteiger partial charge in [-0.25, -0.2) is 8.42 Å². The molecule has 5 nitrogen and oxygen atoms in total. The van der Waals surface area contributed by atoms with E-state index in [0.717, 1.165) is 0 Å². The Morgan fingerprint density at radius 1 is 1.41 bits per heavy atom. The van der Waals surface area contributed by atoms with Crippen molar-refractivity contribution < 1.29 is 13.2 Å². The summed E-state index contributed by atoms with van der Waals surface area (Å²) in [6.07, 6.45) is 1.05. The highest BCUT2D eigenvalue weighted by atomic mass is 32.2. The van der Waals surface area contributed by atoms with E-state index in [-0.39, 0.29) is 29.0 Å². The maximum Gasteiger partial charge on any atom is 0.224 e. The van der Waals surface area contributed by atoms with Gasteiger partial charge in [0.1, 0.15) is 0 Å². The van der Waals surface area contributed by atoms with Crippen molar-refractivity contribution in [3.05, 3.63) is 0 Å². The minimum Gasteiger partial charge on any atom is -0.337 e. The van der Waals surface area contributed by atoms with Crippen molar-refractivity contribution in [2.45, 2.75) is 38.3 Å². The standard InChI is InChI=1S/C11H20N2O3S/c1-11(2)8-13(10(14)3-5-12-11)9-4-6-17(15,16)7-9/h9,12H,3-8H2,1-2H3. The lowest BCUT2D eigenvalue weighted by Gasteiger charge is -2.33. The lowest BCUT2D eigenvalue weighted by Crippen LogP contribution is -2.50. The van der Waals surface area contributed by atoms with Crippen LogP contribution in [-0.4, -0.2) is 55.4 Å². The summed E-state index contributed by atoms with van der Waals surface area (Å²) in [6.45, 7) is 5.35. The lowest BCUT2D eigenvalue weighted by molar-refractivity contribution is -0.132. The smallest absolute Gasteiger partial charge is 0.224 e. The molecule has 2 aliphatic rings. The predicted molar refractivity (Wildman–Crippen MR) is 65.5 cm³/mol. The van der Waals surface area contributed by atoms with E-state index >= 15 is 0 Å². The lowest BCUT2D eigenvalue weighted by atomic mass is 10.0. The van der Waals surface area contributed by atoms with Crippen LogP contribution in [0.25, 0.3) is 0 Å². The number of carbonyl (C=O) groups is 1. The summed E-state index contributed by atoms with van der Waals surface area (Å²) in [5.74, 6) is 0.426. The molecule has 17 heavy (non-hydrogen) atoms. The third-order valence-corrected chi connectivity index (χ3v) is 5.23. The molecule has 1 amide bonds. The van der Waals surface area contributed by atoms with Gasteiger partial charge in [-0.15, -0.1) is 0 Å². The van der Waals surface area contributed by atoms with Crippen molar-refractivity contribution >= 4 is 15.7 Å². The molecule has 6 heteroatoms. The molecule has 0 saturated carbocycles. The van der Waals surface area contributed by atoms with Crippen molar-refractivity contribution in [2.75, 3.05) is 24.6 Å². The highest BCUT2D eigenvalue weighted by Gasteiger charge is 2.38. The Bertz CT molecular complexity index is 416. The van der Waals surface area contributed by atoms with E-state index in [9.17, 15) is 13.2 Å². The third-order valence-electron chi connectivity index (χ3n) is 3.48. The van der Waals surface area contributed by atoms with Crippen molar-refractivity contribution in [3.8, 4) is 0 Å². The van der Waals surface area contributed by atoms with Gasteiger partial charge in [-0.1, -0.05) is 0 Å². The average Bonchev–Trinajstić information content (AvgIpc) is 2.47. The first-order valence-corrected chi connectivity index (χ1v) is 7.86. The van der Waals surface area contributed by atoms with Crippen LogP contribution >= 0.6 is 0 Å². The molecule has 1 unspecified atom stereocenters. The van der Waals surface area contributed by atoms with Crippen LogP contribution in [0.2, 0.25) is 0 Å². The average molecular weight is 260 g/mol. The van der Waals surface area contributed by atoms with Gasteiger partial charge >= 0.3 is 0 Å². The summed E-state index contributed by atoms with van der Waals surface area (Å²) < 4.78 is 23.0. The fourth-order valence-corrected chi connectivity index (χ4v) is 4.31. The Labute approximate surface area is 102 Å². The van der Waals surface area contributed by atoms with Crippen LogP contribution in [0.15, 0.2) is 0 Å². The van der Waals surface area contributed by atoms with Gasteiger partial charge in [-0.05, 0) is 20.3 Å². The summed E-state index contributed by atoms with van der Waals surface area (Å²) in [7, 11) is -2.93. The fourth-order valence-electron chi connectivity index (χ4n) is 2.58. The van der Waals surface area contributed by atoms with Crippen LogP contribution in [0.1, 0.15) is 26.7 Å². The highest BCUT2D eigenvalue weighted by molar-refractivity contribution is 7.91. The predicted octanol–water partition coefficient (Wildman–Crippen LogP) is -0.226. The van der Waals surface area contributed by atoms with E-state index in [1.807, 2.05) is 13.8 Å². The van der Waals surface area contributed by atoms with Gasteiger partial charge in [0.15, 0.2) is 9.84 Å². The quantitative estimate of drug-likeness (QED) is 0.707. The molecule has 98 valence electrons. The minimum atomic E-state index is -2.93. The Balaban J connectivity index is 2.15. The Morgan fingerprint density at radius 3 is 2.71 bits per heavy atom. The van der Waals surface area contributed by atoms with Crippen LogP contribution in [-0.2, 0) is 14.6 Å². The SMILES string of the molecule is CC1(C)CN(C2CCS(=O)(=O)C2)C(=O)CCN1. The molecule has 0 bridgehead atoms. The third kappa shape index (κ3) is 2.98. The summed E-state index contributed by atoms with van der Waals surface area (Å²) >= 11 is 0. The fraction of sp³-hybridized carbons (Fsp3) is 0.909. The zero-order valence-electron chi connectivity index (χ0n) is 10.4. The van der Waals surface area contributed by atoms with Crippen molar-refractivity contribution in [3.63, 3.8) is 0 Å². The molecule has 2 saturated heterocycles. The van der Waals surface area contributed by atoms with Gasteiger partial charge in [-0.3, -0.25) is 4.79 Å². The molecule has 0 aromatic rings. The first kappa shape index (κ1) is 12.8. The number of hydrogen-bond donors (Lipinski definition) is 1. The minimum absolute atomic E-state index is 0.0742. The van der Waals surface area contributed by atoms with Crippen molar-refractivity contribution in [1.82, 2.24) is 10.2 Å². The van der Waals surface area contributed by atoms with E-state index in [0.29, 0.717) is 25.9 Å². The highest BCUT2D eigenvalue weighted by Crippen LogP contribution is 2.22. The van der Waals surface area contributed by atoms with Gasteiger partial charge in [0.05, 0.1) is 11.5 Å². The maximum atomic E-state index is 12.0. The molecule has 0 radical (unpaired) electrons. The number of sulfone groups is 1. The molecule has 2 rings (SSSR count). The molecule has 0 aliphatic carbocycles. The zero-order chi connectivity index (χ0) is 12.7. The van der Waals surface area contributed by atoms with Crippen LogP contribution in [0, 0.1) is 0 Å². The van der Waals surface area contributed by atoms with E-state index in [2.05, 4.69) is 5.32 Å². The van der Waals surface area contributed by atoms with Gasteiger partial charge in [0.25, 0.3) is 0 Å². The molecule has 2 heterocycles. The number of amides is 1. The molecule has 2 aliphatic heterocycles. The molecule has 0 spiro atoms. The topological polar surface area (TPSA) is 66.5 Å². The van der Waals surface area contributed by atoms with Gasteiger partial charge in [-0.2, -0.15) is 0 Å². The van der Waals surface area contributed by atoms with E-state index in [1.165, 1.54) is 0 Å². The number of nitrogens with zero attached hydrogens (tertiary/aromatic N) is 1. The summed E-state index contributed by atoms with van der Waals surface area (Å²) in [5, 5.41) is 3.31. The first-order valence-electron chi connectivity index (χ1n) is 6.04. The zero-order valence-corrected chi connectivity index (χ0v) is 11.2. The second kappa shape index (κ2) is 4.24. The summed E-state index contributed by atoms with van der Waals surface area (Å²) in [6, 6.07) is -0.119. The van der Waals surface area contributed by atoms with Crippen LogP contribution in [0.5, 0.6) is 0 Å². The number of hydrogen-bond acceptors (Lipinski definition) is 4. The van der Waals surface area contributed by atoms with Crippen molar-refractivity contribution in [2.24, 2.45) is 0 Å². The van der Waals surface area contributed by atoms with Crippen LogP contribution < -0.4 is 5.32 Å². The number of rotatable bonds is 1. The van der Waals surface area contributed by atoms with Crippen LogP contribution in [0.4, 0.5) is 0 Å². The van der Waals surface area contributed by atoms with Gasteiger partial charge in [0.2, 0.25) is 5.91 Å². The van der Waals surface area contributed by atoms with Crippen molar-refractivity contribution in [1.29, 1.82) is 0 Å². The van der Waals surface area contributed by atoms with Crippen LogP contribution in [0.3, 0.4) is 0 Å². The second-order valence-electron chi connectivity index (χ2n) is 5.64. The molecule has 0 aromatic carbocycles. The van der Waals surface area contributed by atoms with E-state index < -0.39 is 9.84 Å². The first-order chi connectivity index (χ1) is 7.79. The second-order valence-corrected chi connectivity index (χ2v) is 7.87. The Hall–Kier alpha value is -0.620. The van der Waals surface area contributed by atoms with E-state index in [1.54, 1.807) is 4.90 Å². The number of carbonyl (C=O) groups excluding carboxylic acids is 1. The molecular formula is C11H20N2O3S. The molecular weight excluding hydrogens is 240 g/mol. The summed E-state index contributed by atoms with van der Waals surface area (Å²) in [5.41, 5.74) is -0.140. The largest absolute Gasteiger partial charge is 0.337 e. The normalized spacial score (nSPS) is 32.5. The molecule has 2 fully saturated rings. The summed E-state index contributed by atoms with van der Waals surface area (Å²) in [4.78, 5) is 13.8. The van der Waals surface area contributed by atoms with Gasteiger partial charge in [0, 0.05) is 31.1 Å². The number of nitrogens with one attached hydrogen (secondary N) is 1. The van der Waals surface area contributed by atoms with Gasteiger partial charge < -0.3 is 10.2 Å². The molecule has 1 atom stereocenters. The molecule has 1 N–H and O–H groups in total.